The molecule has 0 spiro atoms. The minimum absolute atomic E-state index is 0.350. The molecular formula is C15H21FN4O2. The van der Waals surface area contributed by atoms with Crippen molar-refractivity contribution in [3.63, 3.8) is 0 Å². The van der Waals surface area contributed by atoms with Gasteiger partial charge in [-0.05, 0) is 45.0 Å². The highest BCUT2D eigenvalue weighted by molar-refractivity contribution is 6.06. The number of benzene rings is 1. The molecule has 0 saturated carbocycles. The second-order valence-corrected chi connectivity index (χ2v) is 5.96. The van der Waals surface area contributed by atoms with E-state index in [2.05, 4.69) is 10.5 Å². The first kappa shape index (κ1) is 16.4. The molecule has 0 amide bonds. The Kier molecular flexibility index (Phi) is 3.97. The molecule has 2 rings (SSSR count). The maximum Gasteiger partial charge on any atom is 0.289 e. The van der Waals surface area contributed by atoms with Gasteiger partial charge in [0.15, 0.2) is 0 Å². The molecule has 1 aromatic carbocycles. The Labute approximate surface area is 129 Å². The van der Waals surface area contributed by atoms with Crippen molar-refractivity contribution in [2.24, 2.45) is 5.10 Å². The van der Waals surface area contributed by atoms with E-state index in [1.165, 1.54) is 24.3 Å². The summed E-state index contributed by atoms with van der Waals surface area (Å²) in [5, 5.41) is 28.6. The number of hydrogen-bond donors (Lipinski definition) is 2. The summed E-state index contributed by atoms with van der Waals surface area (Å²) in [6, 6.07) is 5.64. The van der Waals surface area contributed by atoms with Gasteiger partial charge < -0.3 is 15.8 Å². The van der Waals surface area contributed by atoms with Crippen LogP contribution in [0.3, 0.4) is 0 Å². The summed E-state index contributed by atoms with van der Waals surface area (Å²) in [6.45, 7) is 6.71. The van der Waals surface area contributed by atoms with Gasteiger partial charge in [0, 0.05) is 19.5 Å². The summed E-state index contributed by atoms with van der Waals surface area (Å²) in [5.74, 6) is -0.380. The van der Waals surface area contributed by atoms with Crippen molar-refractivity contribution < 1.29 is 14.3 Å². The molecule has 1 aromatic rings. The maximum absolute atomic E-state index is 13.1. The van der Waals surface area contributed by atoms with E-state index in [0.29, 0.717) is 17.0 Å². The third-order valence-electron chi connectivity index (χ3n) is 4.20. The second kappa shape index (κ2) is 5.33. The molecule has 1 heterocycles. The summed E-state index contributed by atoms with van der Waals surface area (Å²) in [5.41, 5.74) is 1.64. The first-order valence-electron chi connectivity index (χ1n) is 6.98. The number of hydroxylamine groups is 3. The first-order chi connectivity index (χ1) is 10.2. The topological polar surface area (TPSA) is 73.9 Å². The smallest absolute Gasteiger partial charge is 0.289 e. The average molecular weight is 308 g/mol. The fourth-order valence-electron chi connectivity index (χ4n) is 2.85. The SMILES string of the molecule is CN/N=C(/C)[C@@]1(C)N(O)C(C)(C)C(c2ccc(F)cc2)=[N+]1[O-]. The van der Waals surface area contributed by atoms with Crippen LogP contribution in [0.1, 0.15) is 33.3 Å². The Morgan fingerprint density at radius 3 is 2.36 bits per heavy atom. The van der Waals surface area contributed by atoms with Crippen molar-refractivity contribution in [1.29, 1.82) is 0 Å². The van der Waals surface area contributed by atoms with Gasteiger partial charge >= 0.3 is 0 Å². The molecule has 0 aromatic heterocycles. The predicted octanol–water partition coefficient (Wildman–Crippen LogP) is 1.92. The van der Waals surface area contributed by atoms with Crippen molar-refractivity contribution in [2.45, 2.75) is 38.9 Å². The number of hydrogen-bond acceptors (Lipinski definition) is 5. The summed E-state index contributed by atoms with van der Waals surface area (Å²) >= 11 is 0. The largest absolute Gasteiger partial charge is 0.622 e. The van der Waals surface area contributed by atoms with Crippen LogP contribution < -0.4 is 5.43 Å². The molecule has 0 bridgehead atoms. The molecule has 0 unspecified atom stereocenters. The lowest BCUT2D eigenvalue weighted by Crippen LogP contribution is -2.57. The van der Waals surface area contributed by atoms with Crippen LogP contribution in [0, 0.1) is 11.0 Å². The molecule has 6 nitrogen and oxygen atoms in total. The molecule has 1 atom stereocenters. The van der Waals surface area contributed by atoms with Gasteiger partial charge in [0.05, 0.1) is 0 Å². The summed E-state index contributed by atoms with van der Waals surface area (Å²) < 4.78 is 13.9. The molecule has 0 saturated heterocycles. The van der Waals surface area contributed by atoms with Gasteiger partial charge in [-0.15, -0.1) is 5.06 Å². The molecule has 0 fully saturated rings. The van der Waals surface area contributed by atoms with Gasteiger partial charge in [-0.2, -0.15) is 9.84 Å². The number of halogens is 1. The Bertz CT molecular complexity index is 639. The van der Waals surface area contributed by atoms with Gasteiger partial charge in [0.25, 0.3) is 5.66 Å². The Balaban J connectivity index is 2.67. The van der Waals surface area contributed by atoms with Crippen molar-refractivity contribution in [1.82, 2.24) is 10.5 Å². The highest BCUT2D eigenvalue weighted by Crippen LogP contribution is 2.36. The lowest BCUT2D eigenvalue weighted by atomic mass is 9.92. The van der Waals surface area contributed by atoms with E-state index in [-0.39, 0.29) is 5.82 Å². The molecule has 1 aliphatic rings. The Morgan fingerprint density at radius 2 is 1.86 bits per heavy atom. The van der Waals surface area contributed by atoms with E-state index >= 15 is 0 Å². The highest BCUT2D eigenvalue weighted by Gasteiger charge is 2.61. The van der Waals surface area contributed by atoms with E-state index in [1.54, 1.807) is 34.7 Å². The molecule has 22 heavy (non-hydrogen) atoms. The molecular weight excluding hydrogens is 287 g/mol. The third-order valence-corrected chi connectivity index (χ3v) is 4.20. The summed E-state index contributed by atoms with van der Waals surface area (Å²) in [6.07, 6.45) is 0. The van der Waals surface area contributed by atoms with E-state index in [1.807, 2.05) is 0 Å². The van der Waals surface area contributed by atoms with Crippen LogP contribution in [0.25, 0.3) is 0 Å². The van der Waals surface area contributed by atoms with Gasteiger partial charge in [-0.3, -0.25) is 0 Å². The van der Waals surface area contributed by atoms with Crippen molar-refractivity contribution in [3.8, 4) is 0 Å². The van der Waals surface area contributed by atoms with E-state index in [4.69, 9.17) is 0 Å². The standard InChI is InChI=1S/C15H21FN4O2/c1-10(18-17-5)15(4)19(21)13(14(2,3)20(15)22)11-6-8-12(16)9-7-11/h6-9,17,22H,1-5H3/b18-10-/t15-/m1/s1. The highest BCUT2D eigenvalue weighted by atomic mass is 19.1. The predicted molar refractivity (Wildman–Crippen MR) is 82.4 cm³/mol. The number of nitrogens with zero attached hydrogens (tertiary/aromatic N) is 3. The summed E-state index contributed by atoms with van der Waals surface area (Å²) in [7, 11) is 1.62. The quantitative estimate of drug-likeness (QED) is 0.387. The lowest BCUT2D eigenvalue weighted by Gasteiger charge is -2.32. The van der Waals surface area contributed by atoms with Gasteiger partial charge in [-0.25, -0.2) is 4.39 Å². The second-order valence-electron chi connectivity index (χ2n) is 5.96. The third kappa shape index (κ3) is 2.17. The van der Waals surface area contributed by atoms with Crippen LogP contribution in [-0.2, 0) is 0 Å². The average Bonchev–Trinajstić information content (AvgIpc) is 2.60. The van der Waals surface area contributed by atoms with Crippen LogP contribution in [-0.4, -0.2) is 44.7 Å². The number of rotatable bonds is 3. The lowest BCUT2D eigenvalue weighted by molar-refractivity contribution is -0.560. The fourth-order valence-corrected chi connectivity index (χ4v) is 2.85. The molecule has 120 valence electrons. The zero-order valence-corrected chi connectivity index (χ0v) is 13.4. The zero-order chi connectivity index (χ0) is 16.7. The first-order valence-corrected chi connectivity index (χ1v) is 6.98. The van der Waals surface area contributed by atoms with Crippen LogP contribution in [0.2, 0.25) is 0 Å². The number of nitrogens with one attached hydrogen (secondary N) is 1. The van der Waals surface area contributed by atoms with E-state index < -0.39 is 11.2 Å². The van der Waals surface area contributed by atoms with Crippen molar-refractivity contribution in [3.05, 3.63) is 40.9 Å². The van der Waals surface area contributed by atoms with Gasteiger partial charge in [-0.1, -0.05) is 0 Å². The minimum Gasteiger partial charge on any atom is -0.622 e. The van der Waals surface area contributed by atoms with Gasteiger partial charge in [0.2, 0.25) is 5.71 Å². The molecule has 7 heteroatoms. The normalized spacial score (nSPS) is 25.7. The van der Waals surface area contributed by atoms with Crippen molar-refractivity contribution in [2.75, 3.05) is 7.05 Å². The maximum atomic E-state index is 13.1. The molecule has 2 N–H and O–H groups in total. The van der Waals surface area contributed by atoms with Crippen LogP contribution in [0.15, 0.2) is 29.4 Å². The monoisotopic (exact) mass is 308 g/mol. The zero-order valence-electron chi connectivity index (χ0n) is 13.4. The molecule has 1 aliphatic heterocycles. The van der Waals surface area contributed by atoms with E-state index in [0.717, 1.165) is 9.80 Å². The minimum atomic E-state index is -1.35. The number of hydrazone groups is 1. The van der Waals surface area contributed by atoms with E-state index in [9.17, 15) is 14.8 Å². The van der Waals surface area contributed by atoms with Crippen LogP contribution >= 0.6 is 0 Å². The molecule has 0 radical (unpaired) electrons. The Morgan fingerprint density at radius 1 is 1.32 bits per heavy atom. The van der Waals surface area contributed by atoms with Crippen molar-refractivity contribution >= 4 is 11.4 Å². The Hall–Kier alpha value is -1.99. The van der Waals surface area contributed by atoms with Gasteiger partial charge in [0.1, 0.15) is 17.1 Å². The van der Waals surface area contributed by atoms with Crippen LogP contribution in [0.5, 0.6) is 0 Å². The summed E-state index contributed by atoms with van der Waals surface area (Å²) in [4.78, 5) is 0. The van der Waals surface area contributed by atoms with Crippen LogP contribution in [0.4, 0.5) is 4.39 Å². The fraction of sp³-hybridized carbons (Fsp3) is 0.467. The molecule has 0 aliphatic carbocycles.